The monoisotopic (exact) mass is 336 g/mol. The molecular formula is C18H25FN2OS. The average molecular weight is 336 g/mol. The highest BCUT2D eigenvalue weighted by Gasteiger charge is 2.26. The zero-order valence-electron chi connectivity index (χ0n) is 13.6. The van der Waals surface area contributed by atoms with Crippen molar-refractivity contribution < 1.29 is 9.18 Å². The first-order chi connectivity index (χ1) is 11.1. The summed E-state index contributed by atoms with van der Waals surface area (Å²) in [6.45, 7) is 4.30. The Bertz CT molecular complexity index is 560. The van der Waals surface area contributed by atoms with Crippen LogP contribution in [0.5, 0.6) is 0 Å². The van der Waals surface area contributed by atoms with Gasteiger partial charge >= 0.3 is 0 Å². The quantitative estimate of drug-likeness (QED) is 0.884. The normalized spacial score (nSPS) is 23.1. The molecule has 2 heterocycles. The molecule has 5 heteroatoms. The molecule has 2 atom stereocenters. The number of piperidine rings is 1. The maximum atomic E-state index is 13.9. The van der Waals surface area contributed by atoms with Crippen LogP contribution in [0.25, 0.3) is 0 Å². The Hall–Kier alpha value is -1.07. The SMILES string of the molecule is CC(CC(=O)NC1CCSc2c(F)cccc21)C1CCNCC1. The number of amides is 1. The molecule has 2 unspecified atom stereocenters. The lowest BCUT2D eigenvalue weighted by Gasteiger charge is -2.30. The second-order valence-corrected chi connectivity index (χ2v) is 7.79. The minimum absolute atomic E-state index is 0.0466. The average Bonchev–Trinajstić information content (AvgIpc) is 2.56. The Morgan fingerprint density at radius 2 is 2.17 bits per heavy atom. The summed E-state index contributed by atoms with van der Waals surface area (Å²) in [5.41, 5.74) is 0.934. The highest BCUT2D eigenvalue weighted by molar-refractivity contribution is 7.99. The number of rotatable bonds is 4. The van der Waals surface area contributed by atoms with Crippen LogP contribution in [0.2, 0.25) is 0 Å². The molecule has 3 rings (SSSR count). The van der Waals surface area contributed by atoms with E-state index in [4.69, 9.17) is 0 Å². The number of fused-ring (bicyclic) bond motifs is 1. The molecule has 23 heavy (non-hydrogen) atoms. The molecule has 2 aliphatic heterocycles. The number of benzene rings is 1. The predicted octanol–water partition coefficient (Wildman–Crippen LogP) is 3.50. The number of nitrogens with one attached hydrogen (secondary N) is 2. The molecule has 1 aromatic rings. The van der Waals surface area contributed by atoms with E-state index in [1.54, 1.807) is 17.8 Å². The summed E-state index contributed by atoms with van der Waals surface area (Å²) in [7, 11) is 0. The van der Waals surface area contributed by atoms with Crippen molar-refractivity contribution in [3.8, 4) is 0 Å². The molecule has 1 aromatic carbocycles. The first-order valence-electron chi connectivity index (χ1n) is 8.56. The lowest BCUT2D eigenvalue weighted by atomic mass is 9.84. The van der Waals surface area contributed by atoms with E-state index in [1.165, 1.54) is 6.07 Å². The number of thioether (sulfide) groups is 1. The fourth-order valence-electron chi connectivity index (χ4n) is 3.66. The van der Waals surface area contributed by atoms with Crippen molar-refractivity contribution in [3.63, 3.8) is 0 Å². The van der Waals surface area contributed by atoms with Gasteiger partial charge in [0.05, 0.1) is 6.04 Å². The number of carbonyl (C=O) groups is 1. The van der Waals surface area contributed by atoms with E-state index in [1.807, 2.05) is 6.07 Å². The van der Waals surface area contributed by atoms with Crippen LogP contribution < -0.4 is 10.6 Å². The first kappa shape index (κ1) is 16.8. The summed E-state index contributed by atoms with van der Waals surface area (Å²) in [5.74, 6) is 1.82. The van der Waals surface area contributed by atoms with Crippen LogP contribution >= 0.6 is 11.8 Å². The largest absolute Gasteiger partial charge is 0.349 e. The smallest absolute Gasteiger partial charge is 0.220 e. The Labute approximate surface area is 141 Å². The fraction of sp³-hybridized carbons (Fsp3) is 0.611. The summed E-state index contributed by atoms with van der Waals surface area (Å²) < 4.78 is 13.9. The second kappa shape index (κ2) is 7.67. The third kappa shape index (κ3) is 4.07. The number of hydrogen-bond donors (Lipinski definition) is 2. The van der Waals surface area contributed by atoms with E-state index < -0.39 is 0 Å². The van der Waals surface area contributed by atoms with Gasteiger partial charge in [0.1, 0.15) is 5.82 Å². The van der Waals surface area contributed by atoms with E-state index in [0.29, 0.717) is 23.2 Å². The highest BCUT2D eigenvalue weighted by Crippen LogP contribution is 2.37. The Kier molecular flexibility index (Phi) is 5.59. The molecule has 0 bridgehead atoms. The number of carbonyl (C=O) groups excluding carboxylic acids is 1. The molecule has 2 N–H and O–H groups in total. The highest BCUT2D eigenvalue weighted by atomic mass is 32.2. The third-order valence-electron chi connectivity index (χ3n) is 5.06. The maximum absolute atomic E-state index is 13.9. The van der Waals surface area contributed by atoms with Crippen LogP contribution in [0.15, 0.2) is 23.1 Å². The lowest BCUT2D eigenvalue weighted by Crippen LogP contribution is -2.35. The molecule has 1 amide bonds. The number of hydrogen-bond acceptors (Lipinski definition) is 3. The van der Waals surface area contributed by atoms with E-state index in [0.717, 1.165) is 43.7 Å². The Morgan fingerprint density at radius 3 is 2.96 bits per heavy atom. The van der Waals surface area contributed by atoms with Crippen molar-refractivity contribution in [2.24, 2.45) is 11.8 Å². The first-order valence-corrected chi connectivity index (χ1v) is 9.55. The van der Waals surface area contributed by atoms with Gasteiger partial charge in [-0.15, -0.1) is 11.8 Å². The molecule has 0 radical (unpaired) electrons. The van der Waals surface area contributed by atoms with E-state index >= 15 is 0 Å². The van der Waals surface area contributed by atoms with Gasteiger partial charge in [-0.05, 0) is 55.8 Å². The van der Waals surface area contributed by atoms with Crippen LogP contribution in [-0.4, -0.2) is 24.7 Å². The third-order valence-corrected chi connectivity index (χ3v) is 6.22. The summed E-state index contributed by atoms with van der Waals surface area (Å²) in [6, 6.07) is 5.12. The molecule has 2 aliphatic rings. The standard InChI is InChI=1S/C18H25FN2OS/c1-12(13-5-8-20-9-6-13)11-17(22)21-16-7-10-23-18-14(16)3-2-4-15(18)19/h2-4,12-13,16,20H,5-11H2,1H3,(H,21,22). The van der Waals surface area contributed by atoms with Gasteiger partial charge < -0.3 is 10.6 Å². The lowest BCUT2D eigenvalue weighted by molar-refractivity contribution is -0.123. The van der Waals surface area contributed by atoms with Gasteiger partial charge in [-0.2, -0.15) is 0 Å². The van der Waals surface area contributed by atoms with Crippen LogP contribution in [0.1, 0.15) is 44.2 Å². The van der Waals surface area contributed by atoms with Crippen molar-refractivity contribution in [2.45, 2.75) is 43.5 Å². The van der Waals surface area contributed by atoms with E-state index in [9.17, 15) is 9.18 Å². The van der Waals surface area contributed by atoms with Crippen LogP contribution in [-0.2, 0) is 4.79 Å². The van der Waals surface area contributed by atoms with Gasteiger partial charge in [0.25, 0.3) is 0 Å². The molecule has 3 nitrogen and oxygen atoms in total. The zero-order chi connectivity index (χ0) is 16.2. The Balaban J connectivity index is 1.59. The number of halogens is 1. The molecule has 0 saturated carbocycles. The molecule has 1 fully saturated rings. The molecule has 0 spiro atoms. The summed E-state index contributed by atoms with van der Waals surface area (Å²) in [5, 5.41) is 6.50. The molecular weight excluding hydrogens is 311 g/mol. The maximum Gasteiger partial charge on any atom is 0.220 e. The van der Waals surface area contributed by atoms with Gasteiger partial charge in [0, 0.05) is 17.1 Å². The zero-order valence-corrected chi connectivity index (χ0v) is 14.4. The summed E-state index contributed by atoms with van der Waals surface area (Å²) in [4.78, 5) is 13.1. The van der Waals surface area contributed by atoms with Crippen molar-refractivity contribution in [1.82, 2.24) is 10.6 Å². The molecule has 0 aromatic heterocycles. The second-order valence-electron chi connectivity index (χ2n) is 6.68. The minimum atomic E-state index is -0.172. The van der Waals surface area contributed by atoms with Gasteiger partial charge in [0.15, 0.2) is 0 Å². The van der Waals surface area contributed by atoms with E-state index in [2.05, 4.69) is 17.6 Å². The minimum Gasteiger partial charge on any atom is -0.349 e. The Morgan fingerprint density at radius 1 is 1.39 bits per heavy atom. The van der Waals surface area contributed by atoms with E-state index in [-0.39, 0.29) is 17.8 Å². The summed E-state index contributed by atoms with van der Waals surface area (Å²) >= 11 is 1.55. The van der Waals surface area contributed by atoms with Crippen LogP contribution in [0.3, 0.4) is 0 Å². The molecule has 1 saturated heterocycles. The topological polar surface area (TPSA) is 41.1 Å². The van der Waals surface area contributed by atoms with Gasteiger partial charge in [-0.3, -0.25) is 4.79 Å². The van der Waals surface area contributed by atoms with Gasteiger partial charge in [-0.1, -0.05) is 19.1 Å². The van der Waals surface area contributed by atoms with Gasteiger partial charge in [-0.25, -0.2) is 4.39 Å². The van der Waals surface area contributed by atoms with Crippen molar-refractivity contribution in [3.05, 3.63) is 29.6 Å². The van der Waals surface area contributed by atoms with Crippen molar-refractivity contribution in [2.75, 3.05) is 18.8 Å². The molecule has 0 aliphatic carbocycles. The summed E-state index contributed by atoms with van der Waals surface area (Å²) in [6.07, 6.45) is 3.75. The van der Waals surface area contributed by atoms with Gasteiger partial charge in [0.2, 0.25) is 5.91 Å². The molecule has 126 valence electrons. The van der Waals surface area contributed by atoms with Crippen molar-refractivity contribution >= 4 is 17.7 Å². The predicted molar refractivity (Wildman–Crippen MR) is 92.0 cm³/mol. The van der Waals surface area contributed by atoms with Crippen LogP contribution in [0, 0.1) is 17.7 Å². The van der Waals surface area contributed by atoms with Crippen LogP contribution in [0.4, 0.5) is 4.39 Å². The van der Waals surface area contributed by atoms with Crippen molar-refractivity contribution in [1.29, 1.82) is 0 Å². The fourth-order valence-corrected chi connectivity index (χ4v) is 4.80.